The monoisotopic (exact) mass is 410 g/mol. The number of rotatable bonds is 11. The molecule has 1 aliphatic rings. The summed E-state index contributed by atoms with van der Waals surface area (Å²) >= 11 is 2.52. The van der Waals surface area contributed by atoms with Gasteiger partial charge in [-0.25, -0.2) is 0 Å². The summed E-state index contributed by atoms with van der Waals surface area (Å²) in [7, 11) is 1.64. The van der Waals surface area contributed by atoms with Crippen LogP contribution in [0.2, 0.25) is 0 Å². The average Bonchev–Trinajstić information content (AvgIpc) is 3.03. The number of ether oxygens (including phenoxy) is 4. The Morgan fingerprint density at radius 2 is 1.74 bits per heavy atom. The molecule has 1 heterocycles. The van der Waals surface area contributed by atoms with Crippen LogP contribution in [0.25, 0.3) is 0 Å². The number of phenols is 1. The van der Waals surface area contributed by atoms with Crippen molar-refractivity contribution in [2.24, 2.45) is 4.99 Å². The van der Waals surface area contributed by atoms with Crippen molar-refractivity contribution in [3.63, 3.8) is 0 Å². The molecule has 148 valence electrons. The van der Waals surface area contributed by atoms with E-state index in [0.29, 0.717) is 45.4 Å². The summed E-state index contributed by atoms with van der Waals surface area (Å²) in [6.45, 7) is 7.13. The topological polar surface area (TPSA) is 90.9 Å². The molecule has 1 aromatic carbocycles. The van der Waals surface area contributed by atoms with E-state index in [4.69, 9.17) is 22.1 Å². The van der Waals surface area contributed by atoms with Gasteiger partial charge in [-0.1, -0.05) is 6.07 Å². The number of nitrogens with zero attached hydrogens (tertiary/aromatic N) is 1. The third kappa shape index (κ3) is 8.88. The van der Waals surface area contributed by atoms with Gasteiger partial charge in [0.15, 0.2) is 11.5 Å². The first-order valence-corrected chi connectivity index (χ1v) is 10.3. The first-order chi connectivity index (χ1) is 13.0. The van der Waals surface area contributed by atoms with E-state index >= 15 is 0 Å². The van der Waals surface area contributed by atoms with Crippen molar-refractivity contribution in [2.45, 2.75) is 19.4 Å². The first kappa shape index (κ1) is 24.3. The predicted molar refractivity (Wildman–Crippen MR) is 108 cm³/mol. The van der Waals surface area contributed by atoms with E-state index < -0.39 is 0 Å². The van der Waals surface area contributed by atoms with Gasteiger partial charge in [-0.2, -0.15) is 0 Å². The summed E-state index contributed by atoms with van der Waals surface area (Å²) < 4.78 is 28.3. The molecular formula is C18H28MgNO6S+. The molecule has 7 nitrogen and oxygen atoms in total. The summed E-state index contributed by atoms with van der Waals surface area (Å²) in [5.41, 5.74) is 0.628. The zero-order valence-electron chi connectivity index (χ0n) is 16.3. The van der Waals surface area contributed by atoms with E-state index in [0.717, 1.165) is 38.0 Å². The Labute approximate surface area is 177 Å². The number of thioether (sulfide) groups is 1. The van der Waals surface area contributed by atoms with Crippen molar-refractivity contribution in [1.82, 2.24) is 0 Å². The van der Waals surface area contributed by atoms with Gasteiger partial charge in [0, 0.05) is 12.9 Å². The molecule has 0 aliphatic carbocycles. The maximum atomic E-state index is 10.5. The van der Waals surface area contributed by atoms with Crippen LogP contribution in [-0.2, 0) is 14.2 Å². The molecule has 0 spiro atoms. The third-order valence-corrected chi connectivity index (χ3v) is 4.92. The van der Waals surface area contributed by atoms with Crippen molar-refractivity contribution in [3.05, 3.63) is 23.8 Å². The van der Waals surface area contributed by atoms with Crippen LogP contribution < -0.4 is 4.74 Å². The Hall–Kier alpha value is -0.714. The van der Waals surface area contributed by atoms with Gasteiger partial charge in [0.25, 0.3) is 0 Å². The van der Waals surface area contributed by atoms with Gasteiger partial charge < -0.3 is 24.1 Å². The number of para-hydroxylation sites is 1. The van der Waals surface area contributed by atoms with Crippen LogP contribution >= 0.6 is 11.8 Å². The summed E-state index contributed by atoms with van der Waals surface area (Å²) in [4.78, 5) is 4.66. The van der Waals surface area contributed by atoms with E-state index in [1.165, 1.54) is 0 Å². The van der Waals surface area contributed by atoms with Gasteiger partial charge in [-0.05, 0) is 26.0 Å². The first-order valence-electron chi connectivity index (χ1n) is 8.67. The number of aromatic hydroxyl groups is 1. The Bertz CT molecular complexity index is 599. The van der Waals surface area contributed by atoms with E-state index in [1.54, 1.807) is 24.9 Å². The maximum absolute atomic E-state index is 10.5. The zero-order chi connectivity index (χ0) is 20.1. The van der Waals surface area contributed by atoms with Crippen LogP contribution in [0.4, 0.5) is 0 Å². The summed E-state index contributed by atoms with van der Waals surface area (Å²) in [5, 5.41) is 11.3. The number of methoxy groups -OCH3 is 1. The molecule has 0 unspecified atom stereocenters. The molecule has 1 aromatic rings. The molecule has 1 aliphatic heterocycles. The van der Waals surface area contributed by atoms with Crippen molar-refractivity contribution in [2.75, 3.05) is 52.5 Å². The van der Waals surface area contributed by atoms with Crippen LogP contribution in [0.1, 0.15) is 19.4 Å². The molecule has 0 atom stereocenters. The Balaban J connectivity index is 0.00000176. The standard InChI is InChI=1S/C18H27NO5S.Mg.H2O/c1-18(2)13-25-17(19-18)14-5-4-6-15(16(14)20)24-12-11-23-10-9-22-8-7-21-3;;/h4-6,20H,7-13H2,1-3H3;;1H2/q;+2;/p-1. The minimum atomic E-state index is -0.0948. The van der Waals surface area contributed by atoms with E-state index in [2.05, 4.69) is 18.8 Å². The number of hydrogen-bond acceptors (Lipinski definition) is 7. The Kier molecular flexibility index (Phi) is 12.1. The normalized spacial score (nSPS) is 15.1. The van der Waals surface area contributed by atoms with Crippen molar-refractivity contribution in [1.29, 1.82) is 0 Å². The quantitative estimate of drug-likeness (QED) is 0.341. The molecule has 2 N–H and O–H groups in total. The fourth-order valence-electron chi connectivity index (χ4n) is 2.21. The SMILES string of the molecule is COCCOCCOCCOc1cccc(C2=NC(C)(C)CS2)c1O.[OH+]=[Mg]. The summed E-state index contributed by atoms with van der Waals surface area (Å²) in [6, 6.07) is 5.48. The molecule has 0 fully saturated rings. The van der Waals surface area contributed by atoms with E-state index in [-0.39, 0.29) is 11.3 Å². The molecule has 2 rings (SSSR count). The fourth-order valence-corrected chi connectivity index (χ4v) is 3.39. The van der Waals surface area contributed by atoms with Crippen LogP contribution in [0.15, 0.2) is 23.2 Å². The van der Waals surface area contributed by atoms with Crippen LogP contribution in [-0.4, -0.2) is 93.1 Å². The van der Waals surface area contributed by atoms with Crippen molar-refractivity contribution in [3.8, 4) is 11.5 Å². The average molecular weight is 411 g/mol. The number of aliphatic imine (C=N–C) groups is 1. The van der Waals surface area contributed by atoms with Crippen molar-refractivity contribution < 1.29 is 27.2 Å². The molecule has 27 heavy (non-hydrogen) atoms. The third-order valence-electron chi connectivity index (χ3n) is 3.48. The zero-order valence-corrected chi connectivity index (χ0v) is 18.5. The number of phenolic OH excluding ortho intramolecular Hbond substituents is 1. The number of benzene rings is 1. The second-order valence-corrected chi connectivity index (χ2v) is 7.20. The molecule has 0 aromatic heterocycles. The van der Waals surface area contributed by atoms with Crippen LogP contribution in [0.5, 0.6) is 11.5 Å². The molecule has 0 saturated heterocycles. The molecule has 0 radical (unpaired) electrons. The second kappa shape index (κ2) is 13.5. The second-order valence-electron chi connectivity index (χ2n) is 6.24. The molecule has 0 amide bonds. The van der Waals surface area contributed by atoms with Gasteiger partial charge in [0.1, 0.15) is 11.7 Å². The van der Waals surface area contributed by atoms with Gasteiger partial charge >= 0.3 is 24.9 Å². The summed E-state index contributed by atoms with van der Waals surface area (Å²) in [5.74, 6) is 1.49. The molecular weight excluding hydrogens is 383 g/mol. The Morgan fingerprint density at radius 1 is 1.11 bits per heavy atom. The number of hydrogen-bond donors (Lipinski definition) is 1. The van der Waals surface area contributed by atoms with Crippen molar-refractivity contribution >= 4 is 38.5 Å². The van der Waals surface area contributed by atoms with Gasteiger partial charge in [-0.15, -0.1) is 11.8 Å². The minimum absolute atomic E-state index is 0.0948. The molecule has 0 saturated carbocycles. The fraction of sp³-hybridized carbons (Fsp3) is 0.611. The van der Waals surface area contributed by atoms with Crippen LogP contribution in [0, 0.1) is 0 Å². The molecule has 0 bridgehead atoms. The summed E-state index contributed by atoms with van der Waals surface area (Å²) in [6.07, 6.45) is 0. The van der Waals surface area contributed by atoms with E-state index in [9.17, 15) is 5.11 Å². The molecule has 9 heteroatoms. The van der Waals surface area contributed by atoms with Gasteiger partial charge in [-0.3, -0.25) is 4.99 Å². The van der Waals surface area contributed by atoms with Gasteiger partial charge in [0.05, 0.1) is 44.1 Å². The predicted octanol–water partition coefficient (Wildman–Crippen LogP) is 2.16. The van der Waals surface area contributed by atoms with Crippen LogP contribution in [0.3, 0.4) is 0 Å². The van der Waals surface area contributed by atoms with E-state index in [1.807, 2.05) is 12.1 Å². The van der Waals surface area contributed by atoms with Gasteiger partial charge in [0.2, 0.25) is 0 Å². The Morgan fingerprint density at radius 3 is 2.33 bits per heavy atom.